The third kappa shape index (κ3) is 5.16. The Morgan fingerprint density at radius 2 is 1.85 bits per heavy atom. The van der Waals surface area contributed by atoms with E-state index in [-0.39, 0.29) is 22.2 Å². The summed E-state index contributed by atoms with van der Waals surface area (Å²) in [6.45, 7) is 7.88. The number of carbonyl (C=O) groups is 1. The molecule has 27 heavy (non-hydrogen) atoms. The van der Waals surface area contributed by atoms with Gasteiger partial charge in [0.1, 0.15) is 10.9 Å². The fraction of sp³-hybridized carbons (Fsp3) is 0.588. The van der Waals surface area contributed by atoms with Crippen LogP contribution < -0.4 is 10.6 Å². The van der Waals surface area contributed by atoms with E-state index >= 15 is 0 Å². The van der Waals surface area contributed by atoms with E-state index in [1.54, 1.807) is 6.92 Å². The van der Waals surface area contributed by atoms with Gasteiger partial charge in [0.05, 0.1) is 10.6 Å². The van der Waals surface area contributed by atoms with Gasteiger partial charge >= 0.3 is 0 Å². The number of non-ortho nitro benzene ring substituents is 1. The molecule has 150 valence electrons. The van der Waals surface area contributed by atoms with Crippen molar-refractivity contribution in [2.24, 2.45) is 0 Å². The lowest BCUT2D eigenvalue weighted by atomic mass is 10.1. The SMILES string of the molecule is CC(Nc1ccc([N+](=O)[O-])cc1S(=O)(=O)N1CCCC1)C(=O)NC(C)(C)C. The van der Waals surface area contributed by atoms with Crippen molar-refractivity contribution in [3.8, 4) is 0 Å². The molecule has 1 amide bonds. The molecule has 9 nitrogen and oxygen atoms in total. The Morgan fingerprint density at radius 3 is 2.37 bits per heavy atom. The molecule has 1 heterocycles. The van der Waals surface area contributed by atoms with Gasteiger partial charge in [-0.2, -0.15) is 4.31 Å². The molecular weight excluding hydrogens is 372 g/mol. The van der Waals surface area contributed by atoms with E-state index < -0.39 is 26.5 Å². The Morgan fingerprint density at radius 1 is 1.26 bits per heavy atom. The summed E-state index contributed by atoms with van der Waals surface area (Å²) in [5.74, 6) is -0.301. The maximum atomic E-state index is 13.0. The van der Waals surface area contributed by atoms with Gasteiger partial charge in [0.25, 0.3) is 5.69 Å². The van der Waals surface area contributed by atoms with Crippen LogP contribution in [0.4, 0.5) is 11.4 Å². The van der Waals surface area contributed by atoms with Crippen molar-refractivity contribution in [3.63, 3.8) is 0 Å². The van der Waals surface area contributed by atoms with Crippen molar-refractivity contribution >= 4 is 27.3 Å². The van der Waals surface area contributed by atoms with Crippen LogP contribution in [-0.4, -0.2) is 48.2 Å². The first-order valence-corrected chi connectivity index (χ1v) is 10.2. The summed E-state index contributed by atoms with van der Waals surface area (Å²) >= 11 is 0. The monoisotopic (exact) mass is 398 g/mol. The number of amides is 1. The topological polar surface area (TPSA) is 122 Å². The summed E-state index contributed by atoms with van der Waals surface area (Å²) in [6.07, 6.45) is 1.50. The Bertz CT molecular complexity index is 826. The molecule has 10 heteroatoms. The number of nitrogens with one attached hydrogen (secondary N) is 2. The van der Waals surface area contributed by atoms with Gasteiger partial charge in [-0.25, -0.2) is 8.42 Å². The molecule has 1 atom stereocenters. The number of carbonyl (C=O) groups excluding carboxylic acids is 1. The fourth-order valence-electron chi connectivity index (χ4n) is 2.80. The third-order valence-electron chi connectivity index (χ3n) is 4.12. The van der Waals surface area contributed by atoms with Crippen molar-refractivity contribution in [2.45, 2.75) is 57.0 Å². The first-order valence-electron chi connectivity index (χ1n) is 8.79. The minimum atomic E-state index is -3.90. The number of benzene rings is 1. The minimum absolute atomic E-state index is 0.170. The number of nitrogens with zero attached hydrogens (tertiary/aromatic N) is 2. The Labute approximate surface area is 159 Å². The van der Waals surface area contributed by atoms with Gasteiger partial charge < -0.3 is 10.6 Å². The summed E-state index contributed by atoms with van der Waals surface area (Å²) in [6, 6.07) is 2.88. The van der Waals surface area contributed by atoms with Gasteiger partial charge in [-0.15, -0.1) is 0 Å². The van der Waals surface area contributed by atoms with Crippen LogP contribution in [0.15, 0.2) is 23.1 Å². The molecule has 1 saturated heterocycles. The van der Waals surface area contributed by atoms with Crippen LogP contribution in [0.5, 0.6) is 0 Å². The smallest absolute Gasteiger partial charge is 0.270 e. The molecule has 1 aliphatic heterocycles. The summed E-state index contributed by atoms with van der Waals surface area (Å²) < 4.78 is 27.3. The predicted molar refractivity (Wildman–Crippen MR) is 102 cm³/mol. The average Bonchev–Trinajstić information content (AvgIpc) is 3.08. The van der Waals surface area contributed by atoms with Crippen LogP contribution in [0, 0.1) is 10.1 Å². The fourth-order valence-corrected chi connectivity index (χ4v) is 4.49. The average molecular weight is 398 g/mol. The molecule has 0 aliphatic carbocycles. The highest BCUT2D eigenvalue weighted by atomic mass is 32.2. The maximum Gasteiger partial charge on any atom is 0.270 e. The normalized spacial score (nSPS) is 16.7. The van der Waals surface area contributed by atoms with Gasteiger partial charge in [0.2, 0.25) is 15.9 Å². The number of nitro benzene ring substituents is 1. The second kappa shape index (κ2) is 7.81. The highest BCUT2D eigenvalue weighted by molar-refractivity contribution is 7.89. The zero-order valence-corrected chi connectivity index (χ0v) is 16.8. The molecule has 0 bridgehead atoms. The van der Waals surface area contributed by atoms with Crippen molar-refractivity contribution in [3.05, 3.63) is 28.3 Å². The summed E-state index contributed by atoms with van der Waals surface area (Å²) in [5.41, 5.74) is -0.582. The molecule has 2 N–H and O–H groups in total. The van der Waals surface area contributed by atoms with Crippen LogP contribution >= 0.6 is 0 Å². The molecule has 0 saturated carbocycles. The zero-order chi connectivity index (χ0) is 20.4. The first kappa shape index (κ1) is 21.1. The van der Waals surface area contributed by atoms with E-state index in [0.29, 0.717) is 13.1 Å². The van der Waals surface area contributed by atoms with Gasteiger partial charge in [-0.1, -0.05) is 0 Å². The van der Waals surface area contributed by atoms with Gasteiger partial charge in [-0.05, 0) is 46.6 Å². The highest BCUT2D eigenvalue weighted by Crippen LogP contribution is 2.31. The molecule has 1 aromatic carbocycles. The minimum Gasteiger partial charge on any atom is -0.373 e. The number of sulfonamides is 1. The van der Waals surface area contributed by atoms with Crippen LogP contribution in [0.3, 0.4) is 0 Å². The summed E-state index contributed by atoms with van der Waals surface area (Å²) in [4.78, 5) is 22.6. The number of rotatable bonds is 6. The van der Waals surface area contributed by atoms with Gasteiger partial charge in [0.15, 0.2) is 0 Å². The van der Waals surface area contributed by atoms with Crippen LogP contribution in [0.25, 0.3) is 0 Å². The quantitative estimate of drug-likeness (QED) is 0.559. The summed E-state index contributed by atoms with van der Waals surface area (Å²) in [5, 5.41) is 16.8. The molecule has 0 aromatic heterocycles. The number of anilines is 1. The van der Waals surface area contributed by atoms with Crippen LogP contribution in [0.2, 0.25) is 0 Å². The lowest BCUT2D eigenvalue weighted by Crippen LogP contribution is -2.47. The second-order valence-corrected chi connectivity index (χ2v) is 9.56. The molecule has 0 spiro atoms. The van der Waals surface area contributed by atoms with E-state index in [2.05, 4.69) is 10.6 Å². The maximum absolute atomic E-state index is 13.0. The number of nitro groups is 1. The van der Waals surface area contributed by atoms with Crippen LogP contribution in [-0.2, 0) is 14.8 Å². The largest absolute Gasteiger partial charge is 0.373 e. The molecule has 1 aliphatic rings. The second-order valence-electron chi connectivity index (χ2n) is 7.65. The molecule has 2 rings (SSSR count). The van der Waals surface area contributed by atoms with Crippen molar-refractivity contribution in [1.82, 2.24) is 9.62 Å². The predicted octanol–water partition coefficient (Wildman–Crippen LogP) is 2.09. The number of hydrogen-bond donors (Lipinski definition) is 2. The van der Waals surface area contributed by atoms with Gasteiger partial charge in [0, 0.05) is 30.8 Å². The Kier molecular flexibility index (Phi) is 6.10. The van der Waals surface area contributed by atoms with E-state index in [4.69, 9.17) is 0 Å². The van der Waals surface area contributed by atoms with Gasteiger partial charge in [-0.3, -0.25) is 14.9 Å². The van der Waals surface area contributed by atoms with Crippen molar-refractivity contribution in [2.75, 3.05) is 18.4 Å². The standard InChI is InChI=1S/C17H26N4O5S/c1-12(16(22)19-17(2,3)4)18-14-8-7-13(21(23)24)11-15(14)27(25,26)20-9-5-6-10-20/h7-8,11-12,18H,5-6,9-10H2,1-4H3,(H,19,22). The molecule has 1 unspecified atom stereocenters. The van der Waals surface area contributed by atoms with Crippen molar-refractivity contribution < 1.29 is 18.1 Å². The Hall–Kier alpha value is -2.20. The van der Waals surface area contributed by atoms with Crippen molar-refractivity contribution in [1.29, 1.82) is 0 Å². The lowest BCUT2D eigenvalue weighted by Gasteiger charge is -2.25. The molecule has 1 fully saturated rings. The van der Waals surface area contributed by atoms with E-state index in [9.17, 15) is 23.3 Å². The highest BCUT2D eigenvalue weighted by Gasteiger charge is 2.32. The molecular formula is C17H26N4O5S. The van der Waals surface area contributed by atoms with E-state index in [1.165, 1.54) is 16.4 Å². The first-order chi connectivity index (χ1) is 12.4. The Balaban J connectivity index is 2.38. The van der Waals surface area contributed by atoms with Crippen LogP contribution in [0.1, 0.15) is 40.5 Å². The zero-order valence-electron chi connectivity index (χ0n) is 16.0. The third-order valence-corrected chi connectivity index (χ3v) is 6.06. The summed E-state index contributed by atoms with van der Waals surface area (Å²) in [7, 11) is -3.90. The number of hydrogen-bond acceptors (Lipinski definition) is 6. The lowest BCUT2D eigenvalue weighted by molar-refractivity contribution is -0.385. The molecule has 1 aromatic rings. The van der Waals surface area contributed by atoms with E-state index in [1.807, 2.05) is 20.8 Å². The van der Waals surface area contributed by atoms with E-state index in [0.717, 1.165) is 18.9 Å². The molecule has 0 radical (unpaired) electrons.